The van der Waals surface area contributed by atoms with Crippen LogP contribution in [-0.2, 0) is 4.79 Å². The lowest BCUT2D eigenvalue weighted by Gasteiger charge is -1.96. The maximum atomic E-state index is 10.3. The number of aliphatic carboxylic acids is 1. The van der Waals surface area contributed by atoms with Crippen LogP contribution in [0.25, 0.3) is 0 Å². The van der Waals surface area contributed by atoms with Crippen molar-refractivity contribution in [3.63, 3.8) is 0 Å². The van der Waals surface area contributed by atoms with E-state index in [-0.39, 0.29) is 0 Å². The first-order valence-corrected chi connectivity index (χ1v) is 8.29. The molecular formula is C18H32O2. The summed E-state index contributed by atoms with van der Waals surface area (Å²) in [5, 5.41) is 8.50. The van der Waals surface area contributed by atoms with Crippen LogP contribution in [0.3, 0.4) is 0 Å². The van der Waals surface area contributed by atoms with Crippen LogP contribution in [0.5, 0.6) is 0 Å². The molecule has 0 aromatic carbocycles. The van der Waals surface area contributed by atoms with Crippen LogP contribution in [0, 0.1) is 0 Å². The smallest absolute Gasteiger partial charge is 0.303 e. The van der Waals surface area contributed by atoms with Crippen LogP contribution in [-0.4, -0.2) is 11.1 Å². The van der Waals surface area contributed by atoms with E-state index in [2.05, 4.69) is 31.2 Å². The van der Waals surface area contributed by atoms with E-state index in [0.717, 1.165) is 38.5 Å². The van der Waals surface area contributed by atoms with Crippen molar-refractivity contribution >= 4 is 5.97 Å². The Balaban J connectivity index is 3.18. The molecule has 0 unspecified atom stereocenters. The van der Waals surface area contributed by atoms with Gasteiger partial charge in [-0.25, -0.2) is 0 Å². The zero-order valence-corrected chi connectivity index (χ0v) is 13.2. The van der Waals surface area contributed by atoms with Gasteiger partial charge in [-0.1, -0.05) is 56.9 Å². The second kappa shape index (κ2) is 16.0. The van der Waals surface area contributed by atoms with Crippen molar-refractivity contribution in [2.45, 2.75) is 84.0 Å². The molecule has 0 atom stereocenters. The SMILES string of the molecule is CCCCC/C=C\CC/C=C/CCCCCCC(=O)O. The lowest BCUT2D eigenvalue weighted by atomic mass is 10.1. The summed E-state index contributed by atoms with van der Waals surface area (Å²) in [4.78, 5) is 10.3. The zero-order valence-electron chi connectivity index (χ0n) is 13.2. The molecule has 0 aliphatic heterocycles. The van der Waals surface area contributed by atoms with E-state index < -0.39 is 5.97 Å². The van der Waals surface area contributed by atoms with E-state index in [4.69, 9.17) is 5.11 Å². The zero-order chi connectivity index (χ0) is 14.9. The second-order valence-electron chi connectivity index (χ2n) is 5.36. The van der Waals surface area contributed by atoms with Crippen molar-refractivity contribution in [3.8, 4) is 0 Å². The summed E-state index contributed by atoms with van der Waals surface area (Å²) in [6.07, 6.45) is 22.3. The van der Waals surface area contributed by atoms with Crippen LogP contribution >= 0.6 is 0 Å². The molecule has 0 aromatic rings. The van der Waals surface area contributed by atoms with E-state index >= 15 is 0 Å². The largest absolute Gasteiger partial charge is 0.481 e. The van der Waals surface area contributed by atoms with Gasteiger partial charge in [-0.15, -0.1) is 0 Å². The summed E-state index contributed by atoms with van der Waals surface area (Å²) < 4.78 is 0. The Hall–Kier alpha value is -1.05. The number of carboxylic acids is 1. The highest BCUT2D eigenvalue weighted by Gasteiger charge is 1.95. The highest BCUT2D eigenvalue weighted by molar-refractivity contribution is 5.66. The highest BCUT2D eigenvalue weighted by Crippen LogP contribution is 2.06. The van der Waals surface area contributed by atoms with Crippen molar-refractivity contribution in [1.29, 1.82) is 0 Å². The molecule has 116 valence electrons. The van der Waals surface area contributed by atoms with Gasteiger partial charge in [0.05, 0.1) is 0 Å². The topological polar surface area (TPSA) is 37.3 Å². The normalized spacial score (nSPS) is 11.7. The first-order valence-electron chi connectivity index (χ1n) is 8.29. The minimum atomic E-state index is -0.673. The predicted octanol–water partition coefficient (Wildman–Crippen LogP) is 5.88. The molecule has 0 bridgehead atoms. The Kier molecular flexibility index (Phi) is 15.2. The molecule has 0 heterocycles. The molecule has 2 heteroatoms. The molecule has 0 saturated heterocycles. The molecule has 0 amide bonds. The fourth-order valence-corrected chi connectivity index (χ4v) is 2.07. The number of rotatable bonds is 14. The van der Waals surface area contributed by atoms with Crippen molar-refractivity contribution < 1.29 is 9.90 Å². The molecule has 0 spiro atoms. The molecule has 0 radical (unpaired) electrons. The van der Waals surface area contributed by atoms with Gasteiger partial charge < -0.3 is 5.11 Å². The maximum absolute atomic E-state index is 10.3. The quantitative estimate of drug-likeness (QED) is 0.318. The maximum Gasteiger partial charge on any atom is 0.303 e. The van der Waals surface area contributed by atoms with Gasteiger partial charge in [-0.05, 0) is 44.9 Å². The molecule has 0 aliphatic carbocycles. The average Bonchev–Trinajstić information content (AvgIpc) is 2.43. The van der Waals surface area contributed by atoms with Gasteiger partial charge in [0, 0.05) is 6.42 Å². The third-order valence-corrected chi connectivity index (χ3v) is 3.32. The van der Waals surface area contributed by atoms with Crippen molar-refractivity contribution in [2.75, 3.05) is 0 Å². The summed E-state index contributed by atoms with van der Waals surface area (Å²) in [7, 11) is 0. The molecule has 1 N–H and O–H groups in total. The Bertz CT molecular complexity index is 267. The van der Waals surface area contributed by atoms with Crippen LogP contribution < -0.4 is 0 Å². The highest BCUT2D eigenvalue weighted by atomic mass is 16.4. The minimum absolute atomic E-state index is 0.320. The van der Waals surface area contributed by atoms with Crippen molar-refractivity contribution in [1.82, 2.24) is 0 Å². The Morgan fingerprint density at radius 2 is 1.25 bits per heavy atom. The fraction of sp³-hybridized carbons (Fsp3) is 0.722. The molecule has 0 rings (SSSR count). The number of unbranched alkanes of at least 4 members (excludes halogenated alkanes) is 8. The van der Waals surface area contributed by atoms with Crippen LogP contribution in [0.2, 0.25) is 0 Å². The molecule has 20 heavy (non-hydrogen) atoms. The van der Waals surface area contributed by atoms with Gasteiger partial charge >= 0.3 is 5.97 Å². The first kappa shape index (κ1) is 18.9. The molecule has 2 nitrogen and oxygen atoms in total. The van der Waals surface area contributed by atoms with Crippen molar-refractivity contribution in [3.05, 3.63) is 24.3 Å². The lowest BCUT2D eigenvalue weighted by molar-refractivity contribution is -0.137. The van der Waals surface area contributed by atoms with Crippen LogP contribution in [0.1, 0.15) is 84.0 Å². The fourth-order valence-electron chi connectivity index (χ4n) is 2.07. The third-order valence-electron chi connectivity index (χ3n) is 3.32. The number of allylic oxidation sites excluding steroid dienone is 4. The third kappa shape index (κ3) is 16.9. The summed E-state index contributed by atoms with van der Waals surface area (Å²) >= 11 is 0. The average molecular weight is 280 g/mol. The van der Waals surface area contributed by atoms with Gasteiger partial charge in [-0.3, -0.25) is 4.79 Å². The van der Waals surface area contributed by atoms with Gasteiger partial charge in [0.1, 0.15) is 0 Å². The van der Waals surface area contributed by atoms with E-state index in [1.807, 2.05) is 0 Å². The first-order chi connectivity index (χ1) is 9.77. The Morgan fingerprint density at radius 3 is 1.80 bits per heavy atom. The van der Waals surface area contributed by atoms with Gasteiger partial charge in [0.25, 0.3) is 0 Å². The Morgan fingerprint density at radius 1 is 0.750 bits per heavy atom. The van der Waals surface area contributed by atoms with Crippen molar-refractivity contribution in [2.24, 2.45) is 0 Å². The second-order valence-corrected chi connectivity index (χ2v) is 5.36. The van der Waals surface area contributed by atoms with E-state index in [1.165, 1.54) is 32.1 Å². The van der Waals surface area contributed by atoms with Crippen LogP contribution in [0.4, 0.5) is 0 Å². The summed E-state index contributed by atoms with van der Waals surface area (Å²) in [5.41, 5.74) is 0. The minimum Gasteiger partial charge on any atom is -0.481 e. The lowest BCUT2D eigenvalue weighted by Crippen LogP contribution is -1.93. The standard InChI is InChI=1S/C18H32O2/c1-2-3-4-5-6-7-8-9-10-11-12-13-14-15-16-17-18(19)20/h6-7,10-11H,2-5,8-9,12-17H2,1H3,(H,19,20)/b7-6-,11-10+. The van der Waals surface area contributed by atoms with Gasteiger partial charge in [0.15, 0.2) is 0 Å². The number of carbonyl (C=O) groups is 1. The summed E-state index contributed by atoms with van der Waals surface area (Å²) in [6.45, 7) is 2.24. The number of hydrogen-bond acceptors (Lipinski definition) is 1. The summed E-state index contributed by atoms with van der Waals surface area (Å²) in [5.74, 6) is -0.673. The van der Waals surface area contributed by atoms with E-state index in [0.29, 0.717) is 6.42 Å². The Labute approximate surface area is 125 Å². The molecular weight excluding hydrogens is 248 g/mol. The molecule has 0 saturated carbocycles. The van der Waals surface area contributed by atoms with E-state index in [1.54, 1.807) is 0 Å². The molecule has 0 fully saturated rings. The van der Waals surface area contributed by atoms with Gasteiger partial charge in [-0.2, -0.15) is 0 Å². The molecule has 0 aromatic heterocycles. The predicted molar refractivity (Wildman–Crippen MR) is 87.0 cm³/mol. The van der Waals surface area contributed by atoms with E-state index in [9.17, 15) is 4.79 Å². The molecule has 0 aliphatic rings. The van der Waals surface area contributed by atoms with Gasteiger partial charge in [0.2, 0.25) is 0 Å². The number of hydrogen-bond donors (Lipinski definition) is 1. The monoisotopic (exact) mass is 280 g/mol. The van der Waals surface area contributed by atoms with Crippen LogP contribution in [0.15, 0.2) is 24.3 Å². The summed E-state index contributed by atoms with van der Waals surface area (Å²) in [6, 6.07) is 0. The number of carboxylic acid groups (broad SMARTS) is 1.